The molecule has 0 N–H and O–H groups in total. The van der Waals surface area contributed by atoms with E-state index in [-0.39, 0.29) is 17.0 Å². The molecule has 2 aromatic rings. The number of ether oxygens (including phenoxy) is 1. The maximum atomic E-state index is 5.98. The Labute approximate surface area is 138 Å². The highest BCUT2D eigenvalue weighted by molar-refractivity contribution is 8.93. The summed E-state index contributed by atoms with van der Waals surface area (Å²) in [5.74, 6) is 0.933. The van der Waals surface area contributed by atoms with Gasteiger partial charge in [0.25, 0.3) is 0 Å². The highest BCUT2D eigenvalue weighted by Crippen LogP contribution is 2.14. The molecular weight excluding hydrogens is 336 g/mol. The van der Waals surface area contributed by atoms with Crippen molar-refractivity contribution >= 4 is 49.0 Å². The van der Waals surface area contributed by atoms with E-state index in [1.54, 1.807) is 0 Å². The summed E-state index contributed by atoms with van der Waals surface area (Å²) >= 11 is -0.580. The Hall–Kier alpha value is -0.224. The quantitative estimate of drug-likeness (QED) is 0.746. The molecule has 0 amide bonds. The van der Waals surface area contributed by atoms with Gasteiger partial charge in [0.2, 0.25) is 0 Å². The lowest BCUT2D eigenvalue weighted by molar-refractivity contribution is 0.340. The minimum atomic E-state index is -0.580. The van der Waals surface area contributed by atoms with E-state index in [0.29, 0.717) is 6.61 Å². The van der Waals surface area contributed by atoms with Gasteiger partial charge in [0, 0.05) is 0 Å². The van der Waals surface area contributed by atoms with E-state index < -0.39 is 19.3 Å². The molecule has 0 aliphatic heterocycles. The van der Waals surface area contributed by atoms with Crippen molar-refractivity contribution in [2.75, 3.05) is 6.61 Å². The fourth-order valence-electron chi connectivity index (χ4n) is 1.93. The van der Waals surface area contributed by atoms with Gasteiger partial charge in [-0.1, -0.05) is 36.4 Å². The number of hydrogen-bond acceptors (Lipinski definition) is 1. The lowest BCUT2D eigenvalue weighted by Crippen LogP contribution is -2.08. The molecule has 19 heavy (non-hydrogen) atoms. The van der Waals surface area contributed by atoms with Crippen molar-refractivity contribution in [1.82, 2.24) is 0 Å². The molecule has 0 aromatic heterocycles. The number of benzene rings is 2. The molecule has 1 nitrogen and oxygen atoms in total. The fraction of sp³-hybridized carbons (Fsp3) is 0.200. The number of halogens is 2. The second kappa shape index (κ2) is 8.85. The first-order valence-electron chi connectivity index (χ1n) is 6.17. The molecule has 4 heteroatoms. The third-order valence-corrected chi connectivity index (χ3v) is 4.46. The first-order chi connectivity index (χ1) is 8.81. The van der Waals surface area contributed by atoms with E-state index in [4.69, 9.17) is 13.8 Å². The van der Waals surface area contributed by atoms with Crippen molar-refractivity contribution < 1.29 is 4.74 Å². The van der Waals surface area contributed by atoms with Gasteiger partial charge in [-0.2, -0.15) is 0 Å². The molecule has 0 radical (unpaired) electrons. The molecule has 0 aliphatic carbocycles. The SMILES string of the molecule is Br.CCOc1ccc(Cc2ccc[c]([Mg][Cl])c2)cc1. The average Bonchev–Trinajstić information content (AvgIpc) is 2.42. The third kappa shape index (κ3) is 5.34. The molecule has 2 rings (SSSR count). The molecule has 0 atom stereocenters. The summed E-state index contributed by atoms with van der Waals surface area (Å²) in [6.45, 7) is 2.71. The normalized spacial score (nSPS) is 9.37. The average molecular weight is 352 g/mol. The first kappa shape index (κ1) is 16.8. The van der Waals surface area contributed by atoms with Crippen LogP contribution in [0.15, 0.2) is 48.5 Å². The standard InChI is InChI=1S/C15H15O.BrH.ClH.Mg/c1-2-16-15-10-8-14(9-11-15)12-13-6-4-3-5-7-13;;;/h3-4,6-11H,2,12H2,1H3;2*1H;/q;;;+1/p-1. The summed E-state index contributed by atoms with van der Waals surface area (Å²) in [5.41, 5.74) is 2.62. The molecule has 0 saturated carbocycles. The van der Waals surface area contributed by atoms with Crippen LogP contribution in [0.5, 0.6) is 5.75 Å². The molecule has 0 spiro atoms. The zero-order valence-electron chi connectivity index (χ0n) is 10.9. The van der Waals surface area contributed by atoms with Gasteiger partial charge < -0.3 is 13.8 Å². The van der Waals surface area contributed by atoms with Gasteiger partial charge in [-0.15, -0.1) is 20.7 Å². The Bertz CT molecular complexity index is 502. The second-order valence-electron chi connectivity index (χ2n) is 4.21. The van der Waals surface area contributed by atoms with Crippen LogP contribution in [0.25, 0.3) is 0 Å². The van der Waals surface area contributed by atoms with Crippen molar-refractivity contribution in [2.24, 2.45) is 0 Å². The first-order valence-corrected chi connectivity index (χ1v) is 9.02. The van der Waals surface area contributed by atoms with Crippen LogP contribution in [-0.2, 0) is 6.42 Å². The van der Waals surface area contributed by atoms with Crippen molar-refractivity contribution in [2.45, 2.75) is 13.3 Å². The smallest absolute Gasteiger partial charge is 0.494 e. The topological polar surface area (TPSA) is 9.23 Å². The Morgan fingerprint density at radius 2 is 1.79 bits per heavy atom. The van der Waals surface area contributed by atoms with E-state index >= 15 is 0 Å². The lowest BCUT2D eigenvalue weighted by atomic mass is 10.1. The van der Waals surface area contributed by atoms with Gasteiger partial charge in [0.15, 0.2) is 0 Å². The summed E-state index contributed by atoms with van der Waals surface area (Å²) in [6.07, 6.45) is 0.950. The van der Waals surface area contributed by atoms with Gasteiger partial charge in [0.1, 0.15) is 5.75 Å². The summed E-state index contributed by atoms with van der Waals surface area (Å²) < 4.78 is 6.74. The van der Waals surface area contributed by atoms with E-state index in [1.807, 2.05) is 19.1 Å². The molecule has 0 heterocycles. The van der Waals surface area contributed by atoms with Crippen molar-refractivity contribution in [3.8, 4) is 5.75 Å². The highest BCUT2D eigenvalue weighted by atomic mass is 79.9. The van der Waals surface area contributed by atoms with Gasteiger partial charge in [0.05, 0.1) is 6.61 Å². The molecule has 0 aliphatic rings. The minimum absolute atomic E-state index is 0. The van der Waals surface area contributed by atoms with E-state index in [2.05, 4.69) is 36.4 Å². The molecule has 0 fully saturated rings. The second-order valence-corrected chi connectivity index (χ2v) is 6.09. The molecule has 0 saturated heterocycles. The molecule has 2 aromatic carbocycles. The van der Waals surface area contributed by atoms with E-state index in [9.17, 15) is 0 Å². The Morgan fingerprint density at radius 1 is 1.05 bits per heavy atom. The summed E-state index contributed by atoms with van der Waals surface area (Å²) in [7, 11) is 5.98. The third-order valence-electron chi connectivity index (χ3n) is 2.79. The summed E-state index contributed by atoms with van der Waals surface area (Å²) in [4.78, 5) is 0. The lowest BCUT2D eigenvalue weighted by Gasteiger charge is -2.06. The zero-order chi connectivity index (χ0) is 12.8. The van der Waals surface area contributed by atoms with Crippen molar-refractivity contribution in [3.63, 3.8) is 0 Å². The van der Waals surface area contributed by atoms with Crippen LogP contribution < -0.4 is 8.43 Å². The van der Waals surface area contributed by atoms with E-state index in [0.717, 1.165) is 12.2 Å². The number of rotatable bonds is 5. The van der Waals surface area contributed by atoms with Crippen LogP contribution in [0.2, 0.25) is 0 Å². The Kier molecular flexibility index (Phi) is 7.84. The van der Waals surface area contributed by atoms with Crippen molar-refractivity contribution in [1.29, 1.82) is 0 Å². The molecule has 98 valence electrons. The predicted octanol–water partition coefficient (Wildman–Crippen LogP) is 3.74. The molecule has 0 unspecified atom stereocenters. The van der Waals surface area contributed by atoms with Crippen LogP contribution in [0.1, 0.15) is 18.1 Å². The van der Waals surface area contributed by atoms with Gasteiger partial charge >= 0.3 is 19.3 Å². The van der Waals surface area contributed by atoms with Crippen LogP contribution in [0.4, 0.5) is 0 Å². The van der Waals surface area contributed by atoms with Crippen LogP contribution >= 0.6 is 26.1 Å². The fourth-order valence-corrected chi connectivity index (χ4v) is 2.99. The highest BCUT2D eigenvalue weighted by Gasteiger charge is 2.00. The zero-order valence-corrected chi connectivity index (χ0v) is 14.8. The van der Waals surface area contributed by atoms with Crippen LogP contribution in [-0.4, -0.2) is 25.9 Å². The monoisotopic (exact) mass is 350 g/mol. The van der Waals surface area contributed by atoms with Gasteiger partial charge in [-0.3, -0.25) is 0 Å². The van der Waals surface area contributed by atoms with Gasteiger partial charge in [-0.25, -0.2) is 0 Å². The molecule has 0 bridgehead atoms. The van der Waals surface area contributed by atoms with Crippen LogP contribution in [0, 0.1) is 0 Å². The predicted molar refractivity (Wildman–Crippen MR) is 88.4 cm³/mol. The Morgan fingerprint density at radius 3 is 2.42 bits per heavy atom. The molecular formula is C15H16BrClMgO. The van der Waals surface area contributed by atoms with Crippen LogP contribution in [0.3, 0.4) is 0 Å². The summed E-state index contributed by atoms with van der Waals surface area (Å²) in [6, 6.07) is 16.9. The van der Waals surface area contributed by atoms with Gasteiger partial charge in [-0.05, 0) is 36.6 Å². The maximum Gasteiger partial charge on any atom is 0.538 e. The maximum absolute atomic E-state index is 5.98. The van der Waals surface area contributed by atoms with Crippen molar-refractivity contribution in [3.05, 3.63) is 59.7 Å². The minimum Gasteiger partial charge on any atom is -0.494 e. The Balaban J connectivity index is 0.00000180. The summed E-state index contributed by atoms with van der Waals surface area (Å²) in [5, 5.41) is 0. The number of hydrogen-bond donors (Lipinski definition) is 0. The van der Waals surface area contributed by atoms with E-state index in [1.165, 1.54) is 14.8 Å². The largest absolute Gasteiger partial charge is 0.538 e.